The second-order valence-corrected chi connectivity index (χ2v) is 5.19. The van der Waals surface area contributed by atoms with Crippen LogP contribution in [0.15, 0.2) is 66.7 Å². The lowest BCUT2D eigenvalue weighted by molar-refractivity contribution is -0.299. The van der Waals surface area contributed by atoms with E-state index < -0.39 is 5.97 Å². The third-order valence-corrected chi connectivity index (χ3v) is 3.85. The summed E-state index contributed by atoms with van der Waals surface area (Å²) in [6.45, 7) is 3.57. The molecule has 0 N–H and O–H groups in total. The molecule has 0 fully saturated rings. The summed E-state index contributed by atoms with van der Waals surface area (Å²) in [5.41, 5.74) is 1.32. The molecule has 104 valence electrons. The zero-order valence-corrected chi connectivity index (χ0v) is 11.6. The number of benzene rings is 3. The minimum atomic E-state index is -1.17. The third kappa shape index (κ3) is 2.52. The van der Waals surface area contributed by atoms with E-state index in [1.165, 1.54) is 27.1 Å². The molecule has 0 aliphatic carbocycles. The maximum Gasteiger partial charge on any atom is 0.0669 e. The molecule has 0 amide bonds. The number of carboxylic acid groups (broad SMARTS) is 1. The van der Waals surface area contributed by atoms with Crippen LogP contribution in [-0.4, -0.2) is 5.97 Å². The van der Waals surface area contributed by atoms with Crippen molar-refractivity contribution in [1.29, 1.82) is 0 Å². The number of aliphatic carboxylic acids is 1. The molecule has 0 aromatic heterocycles. The van der Waals surface area contributed by atoms with E-state index in [-0.39, 0.29) is 5.57 Å². The van der Waals surface area contributed by atoms with Crippen LogP contribution in [0.1, 0.15) is 12.0 Å². The van der Waals surface area contributed by atoms with Crippen LogP contribution in [0.5, 0.6) is 0 Å². The average molecular weight is 275 g/mol. The minimum absolute atomic E-state index is 0.145. The zero-order valence-electron chi connectivity index (χ0n) is 11.6. The molecule has 0 heterocycles. The van der Waals surface area contributed by atoms with Crippen LogP contribution < -0.4 is 5.11 Å². The Labute approximate surface area is 123 Å². The summed E-state index contributed by atoms with van der Waals surface area (Å²) in [4.78, 5) is 10.8. The van der Waals surface area contributed by atoms with Gasteiger partial charge in [0.1, 0.15) is 0 Å². The Hall–Kier alpha value is -2.61. The van der Waals surface area contributed by atoms with Gasteiger partial charge in [0.25, 0.3) is 0 Å². The van der Waals surface area contributed by atoms with Gasteiger partial charge in [0.2, 0.25) is 0 Å². The molecule has 3 rings (SSSR count). The van der Waals surface area contributed by atoms with Crippen molar-refractivity contribution >= 4 is 27.5 Å². The molecule has 0 saturated carbocycles. The highest BCUT2D eigenvalue weighted by atomic mass is 16.4. The lowest BCUT2D eigenvalue weighted by atomic mass is 9.93. The Morgan fingerprint density at radius 3 is 2.00 bits per heavy atom. The first-order valence-electron chi connectivity index (χ1n) is 6.95. The first-order chi connectivity index (χ1) is 10.2. The van der Waals surface area contributed by atoms with Gasteiger partial charge in [-0.1, -0.05) is 55.1 Å². The molecular weight excluding hydrogens is 260 g/mol. The number of carbonyl (C=O) groups is 1. The van der Waals surface area contributed by atoms with E-state index in [0.29, 0.717) is 12.8 Å². The smallest absolute Gasteiger partial charge is 0.0669 e. The van der Waals surface area contributed by atoms with Crippen molar-refractivity contribution in [3.8, 4) is 0 Å². The van der Waals surface area contributed by atoms with Crippen molar-refractivity contribution < 1.29 is 9.90 Å². The van der Waals surface area contributed by atoms with Gasteiger partial charge in [0, 0.05) is 0 Å². The fraction of sp³-hybridized carbons (Fsp3) is 0.105. The Kier molecular flexibility index (Phi) is 3.44. The van der Waals surface area contributed by atoms with E-state index in [9.17, 15) is 9.90 Å². The monoisotopic (exact) mass is 275 g/mol. The first kappa shape index (κ1) is 13.4. The molecular formula is C19H15O2-. The van der Waals surface area contributed by atoms with E-state index in [2.05, 4.69) is 36.9 Å². The van der Waals surface area contributed by atoms with Crippen LogP contribution >= 0.6 is 0 Å². The molecule has 2 heteroatoms. The molecule has 21 heavy (non-hydrogen) atoms. The highest BCUT2D eigenvalue weighted by Gasteiger charge is 2.08. The topological polar surface area (TPSA) is 40.1 Å². The van der Waals surface area contributed by atoms with Crippen molar-refractivity contribution in [1.82, 2.24) is 0 Å². The van der Waals surface area contributed by atoms with Gasteiger partial charge < -0.3 is 9.90 Å². The average Bonchev–Trinajstić information content (AvgIpc) is 2.51. The van der Waals surface area contributed by atoms with Crippen LogP contribution in [0.2, 0.25) is 0 Å². The van der Waals surface area contributed by atoms with Crippen LogP contribution in [0.4, 0.5) is 0 Å². The summed E-state index contributed by atoms with van der Waals surface area (Å²) in [7, 11) is 0. The molecule has 3 aromatic carbocycles. The normalized spacial score (nSPS) is 10.9. The Morgan fingerprint density at radius 2 is 1.48 bits per heavy atom. The Bertz CT molecular complexity index is 792. The summed E-state index contributed by atoms with van der Waals surface area (Å²) < 4.78 is 0. The number of rotatable bonds is 4. The number of carbonyl (C=O) groups excluding carboxylic acids is 1. The number of aryl methyl sites for hydroxylation is 1. The molecule has 0 unspecified atom stereocenters. The van der Waals surface area contributed by atoms with Crippen molar-refractivity contribution in [3.05, 3.63) is 72.3 Å². The van der Waals surface area contributed by atoms with E-state index in [1.807, 2.05) is 24.3 Å². The van der Waals surface area contributed by atoms with Gasteiger partial charge in [-0.3, -0.25) is 0 Å². The second-order valence-electron chi connectivity index (χ2n) is 5.19. The molecule has 2 nitrogen and oxygen atoms in total. The van der Waals surface area contributed by atoms with Gasteiger partial charge in [-0.05, 0) is 51.6 Å². The highest BCUT2D eigenvalue weighted by molar-refractivity contribution is 6.02. The van der Waals surface area contributed by atoms with Crippen molar-refractivity contribution in [3.63, 3.8) is 0 Å². The number of fused-ring (bicyclic) bond motifs is 2. The molecule has 0 atom stereocenters. The molecule has 0 bridgehead atoms. The number of carboxylic acids is 1. The van der Waals surface area contributed by atoms with Crippen molar-refractivity contribution in [2.24, 2.45) is 0 Å². The standard InChI is InChI=1S/C19H16O2/c1-13(19(20)21)10-11-18-16-8-4-2-6-14(16)12-15-7-3-5-9-17(15)18/h2-9,12H,1,10-11H2,(H,20,21)/p-1. The van der Waals surface area contributed by atoms with E-state index >= 15 is 0 Å². The fourth-order valence-electron chi connectivity index (χ4n) is 2.76. The first-order valence-corrected chi connectivity index (χ1v) is 6.95. The largest absolute Gasteiger partial charge is 0.545 e. The molecule has 3 aromatic rings. The van der Waals surface area contributed by atoms with E-state index in [0.717, 1.165) is 0 Å². The van der Waals surface area contributed by atoms with Gasteiger partial charge in [-0.25, -0.2) is 0 Å². The predicted octanol–water partition coefficient (Wildman–Crippen LogP) is 3.23. The summed E-state index contributed by atoms with van der Waals surface area (Å²) in [6.07, 6.45) is 1.05. The van der Waals surface area contributed by atoms with Gasteiger partial charge in [0.15, 0.2) is 0 Å². The van der Waals surface area contributed by atoms with Gasteiger partial charge >= 0.3 is 0 Å². The van der Waals surface area contributed by atoms with Crippen molar-refractivity contribution in [2.45, 2.75) is 12.8 Å². The fourth-order valence-corrected chi connectivity index (χ4v) is 2.76. The zero-order chi connectivity index (χ0) is 14.8. The Morgan fingerprint density at radius 1 is 0.952 bits per heavy atom. The van der Waals surface area contributed by atoms with Crippen molar-refractivity contribution in [2.75, 3.05) is 0 Å². The number of hydrogen-bond donors (Lipinski definition) is 0. The second kappa shape index (κ2) is 5.41. The highest BCUT2D eigenvalue weighted by Crippen LogP contribution is 2.29. The SMILES string of the molecule is C=C(CCc1c2ccccc2cc2ccccc12)C(=O)[O-]. The van der Waals surface area contributed by atoms with Crippen LogP contribution in [0.3, 0.4) is 0 Å². The van der Waals surface area contributed by atoms with E-state index in [1.54, 1.807) is 0 Å². The summed E-state index contributed by atoms with van der Waals surface area (Å²) in [5, 5.41) is 15.5. The molecule has 0 saturated heterocycles. The molecule has 0 spiro atoms. The van der Waals surface area contributed by atoms with Gasteiger partial charge in [-0.2, -0.15) is 0 Å². The lowest BCUT2D eigenvalue weighted by Crippen LogP contribution is -2.24. The maximum atomic E-state index is 10.8. The third-order valence-electron chi connectivity index (χ3n) is 3.85. The van der Waals surface area contributed by atoms with Crippen LogP contribution in [-0.2, 0) is 11.2 Å². The molecule has 0 aliphatic rings. The van der Waals surface area contributed by atoms with Crippen LogP contribution in [0.25, 0.3) is 21.5 Å². The van der Waals surface area contributed by atoms with Crippen LogP contribution in [0, 0.1) is 0 Å². The minimum Gasteiger partial charge on any atom is -0.545 e. The quantitative estimate of drug-likeness (QED) is 0.542. The Balaban J connectivity index is 2.16. The lowest BCUT2D eigenvalue weighted by Gasteiger charge is -2.13. The molecule has 0 radical (unpaired) electrons. The predicted molar refractivity (Wildman–Crippen MR) is 83.9 cm³/mol. The summed E-state index contributed by atoms with van der Waals surface area (Å²) in [5.74, 6) is -1.17. The summed E-state index contributed by atoms with van der Waals surface area (Å²) >= 11 is 0. The van der Waals surface area contributed by atoms with E-state index in [4.69, 9.17) is 0 Å². The molecule has 0 aliphatic heterocycles. The van der Waals surface area contributed by atoms with Gasteiger partial charge in [-0.15, -0.1) is 0 Å². The number of hydrogen-bond acceptors (Lipinski definition) is 2. The van der Waals surface area contributed by atoms with Gasteiger partial charge in [0.05, 0.1) is 5.97 Å². The maximum absolute atomic E-state index is 10.8. The summed E-state index contributed by atoms with van der Waals surface area (Å²) in [6, 6.07) is 18.5.